The lowest BCUT2D eigenvalue weighted by Crippen LogP contribution is -2.25. The monoisotopic (exact) mass is 380 g/mol. The van der Waals surface area contributed by atoms with Crippen molar-refractivity contribution in [1.29, 1.82) is 0 Å². The van der Waals surface area contributed by atoms with E-state index in [1.807, 2.05) is 52.1 Å². The predicted octanol–water partition coefficient (Wildman–Crippen LogP) is 2.51. The van der Waals surface area contributed by atoms with Crippen LogP contribution in [0.25, 0.3) is 5.82 Å². The van der Waals surface area contributed by atoms with Crippen LogP contribution in [0.2, 0.25) is 0 Å². The highest BCUT2D eigenvalue weighted by molar-refractivity contribution is 7.99. The van der Waals surface area contributed by atoms with E-state index in [9.17, 15) is 4.79 Å². The largest absolute Gasteiger partial charge is 0.335 e. The fraction of sp³-hybridized carbons (Fsp3) is 0.316. The molecule has 1 saturated heterocycles. The molecule has 3 aromatic heterocycles. The van der Waals surface area contributed by atoms with E-state index in [-0.39, 0.29) is 5.91 Å². The van der Waals surface area contributed by atoms with E-state index in [1.54, 1.807) is 18.0 Å². The number of thioether (sulfide) groups is 1. The molecule has 1 amide bonds. The molecule has 138 valence electrons. The van der Waals surface area contributed by atoms with Crippen LogP contribution in [0.15, 0.2) is 53.9 Å². The number of carbonyl (C=O) groups excluding carboxylic acids is 1. The molecule has 0 aromatic carbocycles. The first-order valence-corrected chi connectivity index (χ1v) is 9.96. The summed E-state index contributed by atoms with van der Waals surface area (Å²) in [6.07, 6.45) is 5.93. The summed E-state index contributed by atoms with van der Waals surface area (Å²) in [5, 5.41) is 9.51. The van der Waals surface area contributed by atoms with Crippen LogP contribution in [0.1, 0.15) is 24.4 Å². The highest BCUT2D eigenvalue weighted by Gasteiger charge is 2.24. The zero-order valence-corrected chi connectivity index (χ0v) is 15.7. The van der Waals surface area contributed by atoms with Crippen LogP contribution in [-0.2, 0) is 17.8 Å². The van der Waals surface area contributed by atoms with Crippen molar-refractivity contribution in [2.24, 2.45) is 0 Å². The second-order valence-corrected chi connectivity index (χ2v) is 7.32. The lowest BCUT2D eigenvalue weighted by atomic mass is 10.3. The van der Waals surface area contributed by atoms with Gasteiger partial charge in [0.25, 0.3) is 0 Å². The van der Waals surface area contributed by atoms with Crippen LogP contribution >= 0.6 is 11.8 Å². The van der Waals surface area contributed by atoms with Gasteiger partial charge in [0.05, 0.1) is 6.54 Å². The summed E-state index contributed by atoms with van der Waals surface area (Å²) in [6.45, 7) is 1.24. The second kappa shape index (κ2) is 8.30. The summed E-state index contributed by atoms with van der Waals surface area (Å²) >= 11 is 1.62. The SMILES string of the molecule is O=C1CCCN1Cc1nnc(SCCc2ccccn2)n1-c1ccccn1. The number of pyridine rings is 2. The Kier molecular flexibility index (Phi) is 5.43. The molecule has 1 fully saturated rings. The molecule has 0 radical (unpaired) electrons. The van der Waals surface area contributed by atoms with Gasteiger partial charge in [-0.2, -0.15) is 0 Å². The van der Waals surface area contributed by atoms with Gasteiger partial charge in [0, 0.05) is 36.8 Å². The maximum Gasteiger partial charge on any atom is 0.223 e. The van der Waals surface area contributed by atoms with Crippen molar-refractivity contribution in [2.75, 3.05) is 12.3 Å². The summed E-state index contributed by atoms with van der Waals surface area (Å²) in [7, 11) is 0. The van der Waals surface area contributed by atoms with Gasteiger partial charge in [-0.25, -0.2) is 4.98 Å². The summed E-state index contributed by atoms with van der Waals surface area (Å²) in [5.74, 6) is 2.52. The predicted molar refractivity (Wildman–Crippen MR) is 102 cm³/mol. The normalized spacial score (nSPS) is 14.1. The van der Waals surface area contributed by atoms with Crippen molar-refractivity contribution in [2.45, 2.75) is 31.0 Å². The summed E-state index contributed by atoms with van der Waals surface area (Å²) in [5.41, 5.74) is 1.05. The van der Waals surface area contributed by atoms with Crippen LogP contribution in [-0.4, -0.2) is 47.8 Å². The number of aryl methyl sites for hydroxylation is 1. The minimum absolute atomic E-state index is 0.176. The van der Waals surface area contributed by atoms with E-state index < -0.39 is 0 Å². The molecule has 3 aromatic rings. The van der Waals surface area contributed by atoms with Gasteiger partial charge in [-0.15, -0.1) is 10.2 Å². The molecule has 1 aliphatic heterocycles. The number of nitrogens with zero attached hydrogens (tertiary/aromatic N) is 6. The quantitative estimate of drug-likeness (QED) is 0.586. The van der Waals surface area contributed by atoms with Crippen molar-refractivity contribution in [1.82, 2.24) is 29.6 Å². The molecule has 0 spiro atoms. The van der Waals surface area contributed by atoms with Gasteiger partial charge in [0.2, 0.25) is 5.91 Å². The molecule has 7 nitrogen and oxygen atoms in total. The maximum absolute atomic E-state index is 12.0. The third-order valence-electron chi connectivity index (χ3n) is 4.40. The second-order valence-electron chi connectivity index (χ2n) is 6.26. The molecule has 27 heavy (non-hydrogen) atoms. The van der Waals surface area contributed by atoms with Crippen molar-refractivity contribution in [3.05, 3.63) is 60.3 Å². The fourth-order valence-electron chi connectivity index (χ4n) is 3.05. The number of amides is 1. The molecule has 8 heteroatoms. The van der Waals surface area contributed by atoms with E-state index in [0.29, 0.717) is 13.0 Å². The van der Waals surface area contributed by atoms with E-state index >= 15 is 0 Å². The molecule has 0 N–H and O–H groups in total. The Balaban J connectivity index is 1.54. The van der Waals surface area contributed by atoms with Gasteiger partial charge >= 0.3 is 0 Å². The van der Waals surface area contributed by atoms with Crippen molar-refractivity contribution in [3.63, 3.8) is 0 Å². The molecular weight excluding hydrogens is 360 g/mol. The van der Waals surface area contributed by atoms with E-state index in [0.717, 1.165) is 47.6 Å². The summed E-state index contributed by atoms with van der Waals surface area (Å²) in [6, 6.07) is 11.7. The third kappa shape index (κ3) is 4.16. The van der Waals surface area contributed by atoms with Crippen LogP contribution in [0.4, 0.5) is 0 Å². The molecule has 4 rings (SSSR count). The zero-order chi connectivity index (χ0) is 18.5. The van der Waals surface area contributed by atoms with Crippen molar-refractivity contribution < 1.29 is 4.79 Å². The number of hydrogen-bond donors (Lipinski definition) is 0. The molecule has 4 heterocycles. The minimum Gasteiger partial charge on any atom is -0.335 e. The van der Waals surface area contributed by atoms with Gasteiger partial charge in [0.15, 0.2) is 11.0 Å². The fourth-order valence-corrected chi connectivity index (χ4v) is 3.97. The smallest absolute Gasteiger partial charge is 0.223 e. The highest BCUT2D eigenvalue weighted by Crippen LogP contribution is 2.23. The average Bonchev–Trinajstić information content (AvgIpc) is 3.30. The highest BCUT2D eigenvalue weighted by atomic mass is 32.2. The van der Waals surface area contributed by atoms with Gasteiger partial charge < -0.3 is 4.90 Å². The Bertz CT molecular complexity index is 899. The molecule has 0 saturated carbocycles. The number of carbonyl (C=O) groups is 1. The number of likely N-dealkylation sites (tertiary alicyclic amines) is 1. The topological polar surface area (TPSA) is 76.8 Å². The van der Waals surface area contributed by atoms with Crippen molar-refractivity contribution >= 4 is 17.7 Å². The molecule has 0 aliphatic carbocycles. The Labute approximate surface area is 161 Å². The molecule has 0 bridgehead atoms. The van der Waals surface area contributed by atoms with Crippen LogP contribution in [0.3, 0.4) is 0 Å². The molecule has 0 unspecified atom stereocenters. The van der Waals surface area contributed by atoms with Crippen LogP contribution in [0.5, 0.6) is 0 Å². The summed E-state index contributed by atoms with van der Waals surface area (Å²) in [4.78, 5) is 22.7. The molecule has 0 atom stereocenters. The zero-order valence-electron chi connectivity index (χ0n) is 14.9. The first-order chi connectivity index (χ1) is 13.3. The van der Waals surface area contributed by atoms with Gasteiger partial charge in [-0.1, -0.05) is 23.9 Å². The first-order valence-electron chi connectivity index (χ1n) is 8.97. The van der Waals surface area contributed by atoms with Gasteiger partial charge in [-0.05, 0) is 37.1 Å². The number of rotatable bonds is 7. The Morgan fingerprint density at radius 1 is 1.04 bits per heavy atom. The van der Waals surface area contributed by atoms with E-state index in [2.05, 4.69) is 20.2 Å². The number of aromatic nitrogens is 5. The lowest BCUT2D eigenvalue weighted by molar-refractivity contribution is -0.128. The Morgan fingerprint density at radius 3 is 2.59 bits per heavy atom. The van der Waals surface area contributed by atoms with Gasteiger partial charge in [0.1, 0.15) is 5.82 Å². The maximum atomic E-state index is 12.0. The molecule has 1 aliphatic rings. The van der Waals surface area contributed by atoms with Crippen LogP contribution in [0, 0.1) is 0 Å². The Morgan fingerprint density at radius 2 is 1.89 bits per heavy atom. The Hall–Kier alpha value is -2.74. The van der Waals surface area contributed by atoms with Crippen LogP contribution < -0.4 is 0 Å². The third-order valence-corrected chi connectivity index (χ3v) is 5.33. The summed E-state index contributed by atoms with van der Waals surface area (Å²) < 4.78 is 1.95. The average molecular weight is 380 g/mol. The van der Waals surface area contributed by atoms with Gasteiger partial charge in [-0.3, -0.25) is 14.3 Å². The number of hydrogen-bond acceptors (Lipinski definition) is 6. The van der Waals surface area contributed by atoms with Crippen molar-refractivity contribution in [3.8, 4) is 5.82 Å². The standard InChI is InChI=1S/C19H20N6OS/c26-18-8-5-12-24(18)14-17-22-23-19(25(17)16-7-2-4-11-21-16)27-13-9-15-6-1-3-10-20-15/h1-4,6-7,10-11H,5,8-9,12-14H2. The lowest BCUT2D eigenvalue weighted by Gasteiger charge is -2.16. The minimum atomic E-state index is 0.176. The van der Waals surface area contributed by atoms with E-state index in [4.69, 9.17) is 0 Å². The molecular formula is C19H20N6OS. The van der Waals surface area contributed by atoms with E-state index in [1.165, 1.54) is 0 Å². The first kappa shape index (κ1) is 17.7.